The van der Waals surface area contributed by atoms with Gasteiger partial charge in [-0.15, -0.1) is 5.53 Å². The summed E-state index contributed by atoms with van der Waals surface area (Å²) >= 11 is 6.61. The number of hydrogen-bond donors (Lipinski definition) is 4. The lowest BCUT2D eigenvalue weighted by Crippen LogP contribution is -2.38. The molecule has 1 aromatic carbocycles. The second kappa shape index (κ2) is 9.94. The molecule has 2 aliphatic rings. The Balaban J connectivity index is 1.42. The number of nitrogens with one attached hydrogen (secondary N) is 4. The lowest BCUT2D eigenvalue weighted by Gasteiger charge is -2.22. The van der Waals surface area contributed by atoms with Crippen molar-refractivity contribution >= 4 is 39.6 Å². The number of rotatable bonds is 7. The van der Waals surface area contributed by atoms with E-state index >= 15 is 0 Å². The molecule has 1 fully saturated rings. The van der Waals surface area contributed by atoms with Gasteiger partial charge < -0.3 is 16.1 Å². The van der Waals surface area contributed by atoms with E-state index in [0.29, 0.717) is 33.9 Å². The van der Waals surface area contributed by atoms with Crippen LogP contribution in [0.1, 0.15) is 30.0 Å². The molecule has 0 saturated heterocycles. The van der Waals surface area contributed by atoms with E-state index in [4.69, 9.17) is 11.6 Å². The Bertz CT molecular complexity index is 1650. The quantitative estimate of drug-likeness (QED) is 0.231. The third kappa shape index (κ3) is 4.97. The lowest BCUT2D eigenvalue weighted by molar-refractivity contribution is 0.260. The van der Waals surface area contributed by atoms with Crippen molar-refractivity contribution in [3.63, 3.8) is 0 Å². The number of benzene rings is 1. The SMILES string of the molecule is N#Cc1cnc2c(Cl)cc(NC(C3=CN(C4CC4)NN3)c3ccc(F)nc3)cc2c1Nc1cnc(F)c(F)c1. The highest BCUT2D eigenvalue weighted by Gasteiger charge is 2.32. The Morgan fingerprint density at radius 3 is 2.62 bits per heavy atom. The predicted octanol–water partition coefficient (Wildman–Crippen LogP) is 5.19. The smallest absolute Gasteiger partial charge is 0.249 e. The van der Waals surface area contributed by atoms with Gasteiger partial charge >= 0.3 is 0 Å². The topological polar surface area (TPSA) is 114 Å². The molecule has 1 unspecified atom stereocenters. The molecule has 0 spiro atoms. The van der Waals surface area contributed by atoms with Gasteiger partial charge in [-0.05, 0) is 36.6 Å². The molecular formula is C26H19ClF3N9. The molecule has 0 bridgehead atoms. The number of anilines is 3. The summed E-state index contributed by atoms with van der Waals surface area (Å²) in [4.78, 5) is 11.5. The van der Waals surface area contributed by atoms with E-state index in [-0.39, 0.29) is 16.3 Å². The highest BCUT2D eigenvalue weighted by atomic mass is 35.5. The van der Waals surface area contributed by atoms with Crippen LogP contribution in [0.3, 0.4) is 0 Å². The zero-order valence-electron chi connectivity index (χ0n) is 20.0. The minimum atomic E-state index is -1.24. The van der Waals surface area contributed by atoms with Gasteiger partial charge in [-0.1, -0.05) is 17.7 Å². The first-order chi connectivity index (χ1) is 18.9. The minimum absolute atomic E-state index is 0.134. The summed E-state index contributed by atoms with van der Waals surface area (Å²) in [6.45, 7) is 0. The van der Waals surface area contributed by atoms with Crippen LogP contribution in [0.5, 0.6) is 0 Å². The molecule has 1 saturated carbocycles. The van der Waals surface area contributed by atoms with E-state index in [1.54, 1.807) is 18.2 Å². The lowest BCUT2D eigenvalue weighted by atomic mass is 10.0. The first-order valence-corrected chi connectivity index (χ1v) is 12.3. The maximum absolute atomic E-state index is 13.8. The standard InChI is InChI=1S/C26H19ClF3N9/c27-19-6-15(35-24(13-1-4-22(29)32-9-13)21-12-39(38-37-21)17-2-3-17)5-18-23(14(8-31)10-33-25(18)19)36-16-7-20(28)26(30)34-11-16/h1,4-7,9-12,17,24,35,37-38H,2-3H2,(H,33,36). The molecule has 1 aliphatic heterocycles. The Morgan fingerprint density at radius 1 is 1.05 bits per heavy atom. The summed E-state index contributed by atoms with van der Waals surface area (Å²) in [5, 5.41) is 18.8. The van der Waals surface area contributed by atoms with E-state index in [9.17, 15) is 18.4 Å². The van der Waals surface area contributed by atoms with Crippen molar-refractivity contribution < 1.29 is 13.2 Å². The average molecular weight is 550 g/mol. The summed E-state index contributed by atoms with van der Waals surface area (Å²) in [5.74, 6) is -2.98. The van der Waals surface area contributed by atoms with E-state index in [2.05, 4.69) is 42.6 Å². The van der Waals surface area contributed by atoms with Crippen LogP contribution >= 0.6 is 11.6 Å². The maximum Gasteiger partial charge on any atom is 0.249 e. The maximum atomic E-state index is 13.8. The first-order valence-electron chi connectivity index (χ1n) is 11.9. The third-order valence-electron chi connectivity index (χ3n) is 6.36. The van der Waals surface area contributed by atoms with Crippen molar-refractivity contribution in [2.24, 2.45) is 0 Å². The highest BCUT2D eigenvalue weighted by Crippen LogP contribution is 2.37. The van der Waals surface area contributed by atoms with E-state index in [1.165, 1.54) is 18.5 Å². The van der Waals surface area contributed by atoms with Crippen LogP contribution < -0.4 is 21.6 Å². The number of nitriles is 1. The van der Waals surface area contributed by atoms with Crippen molar-refractivity contribution in [1.29, 1.82) is 5.26 Å². The van der Waals surface area contributed by atoms with Crippen LogP contribution in [0.2, 0.25) is 5.02 Å². The van der Waals surface area contributed by atoms with Crippen LogP contribution in [0, 0.1) is 29.0 Å². The van der Waals surface area contributed by atoms with Crippen LogP contribution in [0.25, 0.3) is 10.9 Å². The van der Waals surface area contributed by atoms with Crippen LogP contribution in [-0.2, 0) is 0 Å². The van der Waals surface area contributed by atoms with Crippen molar-refractivity contribution in [2.45, 2.75) is 24.9 Å². The Morgan fingerprint density at radius 2 is 1.90 bits per heavy atom. The van der Waals surface area contributed by atoms with E-state index in [1.807, 2.05) is 11.2 Å². The molecule has 39 heavy (non-hydrogen) atoms. The van der Waals surface area contributed by atoms with Gasteiger partial charge in [0.15, 0.2) is 5.82 Å². The fourth-order valence-corrected chi connectivity index (χ4v) is 4.57. The molecule has 4 heterocycles. The predicted molar refractivity (Wildman–Crippen MR) is 139 cm³/mol. The van der Waals surface area contributed by atoms with Crippen molar-refractivity contribution in [3.05, 3.63) is 94.7 Å². The van der Waals surface area contributed by atoms with Gasteiger partial charge in [0.25, 0.3) is 0 Å². The normalized spacial score (nSPS) is 15.5. The molecule has 1 atom stereocenters. The molecule has 196 valence electrons. The number of nitrogens with zero attached hydrogens (tertiary/aromatic N) is 5. The molecule has 0 radical (unpaired) electrons. The molecular weight excluding hydrogens is 531 g/mol. The Hall–Kier alpha value is -4.60. The molecule has 3 aromatic heterocycles. The summed E-state index contributed by atoms with van der Waals surface area (Å²) in [6.07, 6.45) is 7.99. The second-order valence-corrected chi connectivity index (χ2v) is 9.49. The highest BCUT2D eigenvalue weighted by molar-refractivity contribution is 6.36. The van der Waals surface area contributed by atoms with Gasteiger partial charge in [0.1, 0.15) is 6.07 Å². The van der Waals surface area contributed by atoms with Crippen LogP contribution in [0.4, 0.5) is 30.2 Å². The molecule has 6 rings (SSSR count). The average Bonchev–Trinajstić information content (AvgIpc) is 3.67. The summed E-state index contributed by atoms with van der Waals surface area (Å²) < 4.78 is 40.8. The monoisotopic (exact) mass is 549 g/mol. The number of hydrogen-bond acceptors (Lipinski definition) is 9. The molecule has 4 aromatic rings. The molecule has 4 N–H and O–H groups in total. The summed E-state index contributed by atoms with van der Waals surface area (Å²) in [5.41, 5.74) is 9.26. The number of aromatic nitrogens is 3. The van der Waals surface area contributed by atoms with Gasteiger partial charge in [-0.3, -0.25) is 9.99 Å². The zero-order chi connectivity index (χ0) is 27.1. The Labute approximate surface area is 225 Å². The molecule has 1 aliphatic carbocycles. The van der Waals surface area contributed by atoms with Crippen LogP contribution in [0.15, 0.2) is 60.8 Å². The Kier molecular flexibility index (Phi) is 6.30. The molecule has 13 heteroatoms. The van der Waals surface area contributed by atoms with Gasteiger partial charge in [-0.2, -0.15) is 14.0 Å². The minimum Gasteiger partial charge on any atom is -0.373 e. The van der Waals surface area contributed by atoms with Crippen LogP contribution in [-0.4, -0.2) is 26.0 Å². The fourth-order valence-electron chi connectivity index (χ4n) is 4.30. The largest absolute Gasteiger partial charge is 0.373 e. The van der Waals surface area contributed by atoms with Gasteiger partial charge in [-0.25, -0.2) is 14.4 Å². The second-order valence-electron chi connectivity index (χ2n) is 9.09. The van der Waals surface area contributed by atoms with Gasteiger partial charge in [0.05, 0.1) is 45.4 Å². The number of hydrazine groups is 2. The van der Waals surface area contributed by atoms with Gasteiger partial charge in [0.2, 0.25) is 11.9 Å². The summed E-state index contributed by atoms with van der Waals surface area (Å²) in [6, 6.07) is 9.22. The number of halogens is 4. The van der Waals surface area contributed by atoms with E-state index < -0.39 is 23.8 Å². The zero-order valence-corrected chi connectivity index (χ0v) is 20.8. The molecule has 0 amide bonds. The number of fused-ring (bicyclic) bond motifs is 1. The van der Waals surface area contributed by atoms with Crippen molar-refractivity contribution in [2.75, 3.05) is 10.6 Å². The van der Waals surface area contributed by atoms with Gasteiger partial charge in [0, 0.05) is 41.8 Å². The summed E-state index contributed by atoms with van der Waals surface area (Å²) in [7, 11) is 0. The van der Waals surface area contributed by atoms with Crippen molar-refractivity contribution in [3.8, 4) is 6.07 Å². The fraction of sp³-hybridized carbons (Fsp3) is 0.154. The number of pyridine rings is 3. The first kappa shape index (κ1) is 24.7. The van der Waals surface area contributed by atoms with E-state index in [0.717, 1.165) is 30.8 Å². The molecule has 9 nitrogen and oxygen atoms in total. The van der Waals surface area contributed by atoms with Crippen molar-refractivity contribution in [1.82, 2.24) is 30.9 Å². The third-order valence-corrected chi connectivity index (χ3v) is 6.65.